The minimum absolute atomic E-state index is 0.507. The van der Waals surface area contributed by atoms with Gasteiger partial charge < -0.3 is 10.1 Å². The smallest absolute Gasteiger partial charge is 0.159 e. The molecule has 3 rings (SSSR count). The monoisotopic (exact) mass is 403 g/mol. The van der Waals surface area contributed by atoms with E-state index >= 15 is 0 Å². The fraction of sp³-hybridized carbons (Fsp3) is 0.292. The molecule has 1 aliphatic rings. The summed E-state index contributed by atoms with van der Waals surface area (Å²) in [5.74, 6) is 0.698. The lowest BCUT2D eigenvalue weighted by Crippen LogP contribution is -2.22. The fourth-order valence-electron chi connectivity index (χ4n) is 3.25. The molecule has 2 heterocycles. The normalized spacial score (nSPS) is 14.5. The molecule has 0 bridgehead atoms. The molecule has 0 aliphatic carbocycles. The highest BCUT2D eigenvalue weighted by molar-refractivity contribution is 6.05. The Kier molecular flexibility index (Phi) is 7.14. The van der Waals surface area contributed by atoms with Gasteiger partial charge >= 0.3 is 0 Å². The molecule has 0 saturated carbocycles. The number of rotatable bonds is 8. The molecule has 6 heteroatoms. The predicted molar refractivity (Wildman–Crippen MR) is 121 cm³/mol. The van der Waals surface area contributed by atoms with Gasteiger partial charge in [0, 0.05) is 56.5 Å². The summed E-state index contributed by atoms with van der Waals surface area (Å²) in [6.07, 6.45) is 9.18. The lowest BCUT2D eigenvalue weighted by molar-refractivity contribution is 0.184. The Balaban J connectivity index is 1.84. The summed E-state index contributed by atoms with van der Waals surface area (Å²) in [6.45, 7) is 8.95. The van der Waals surface area contributed by atoms with E-state index in [2.05, 4.69) is 47.8 Å². The average Bonchev–Trinajstić information content (AvgIpc) is 2.76. The number of benzene rings is 1. The molecule has 0 radical (unpaired) electrons. The van der Waals surface area contributed by atoms with Crippen LogP contribution in [0.5, 0.6) is 0 Å². The van der Waals surface area contributed by atoms with Crippen LogP contribution in [0.3, 0.4) is 0 Å². The molecule has 0 fully saturated rings. The molecule has 1 aromatic heterocycles. The molecule has 0 unspecified atom stereocenters. The summed E-state index contributed by atoms with van der Waals surface area (Å²) in [5, 5.41) is 9.89. The molecule has 0 atom stereocenters. The van der Waals surface area contributed by atoms with Crippen molar-refractivity contribution in [1.82, 2.24) is 20.3 Å². The van der Waals surface area contributed by atoms with Gasteiger partial charge in [0.1, 0.15) is 0 Å². The van der Waals surface area contributed by atoms with Crippen molar-refractivity contribution >= 4 is 5.71 Å². The maximum Gasteiger partial charge on any atom is 0.159 e. The number of aromatic nitrogens is 2. The minimum Gasteiger partial charge on any atom is -0.393 e. The Morgan fingerprint density at radius 3 is 2.67 bits per heavy atom. The van der Waals surface area contributed by atoms with Crippen LogP contribution in [0.25, 0.3) is 11.4 Å². The van der Waals surface area contributed by atoms with Crippen LogP contribution >= 0.6 is 0 Å². The van der Waals surface area contributed by atoms with Crippen LogP contribution in [-0.2, 0) is 17.8 Å². The molecule has 0 saturated heterocycles. The van der Waals surface area contributed by atoms with Crippen LogP contribution in [0.4, 0.5) is 0 Å². The maximum absolute atomic E-state index is 5.13. The van der Waals surface area contributed by atoms with Crippen molar-refractivity contribution < 1.29 is 4.74 Å². The van der Waals surface area contributed by atoms with Gasteiger partial charge in [-0.25, -0.2) is 15.0 Å². The first-order valence-corrected chi connectivity index (χ1v) is 10.1. The van der Waals surface area contributed by atoms with E-state index in [0.29, 0.717) is 18.9 Å². The molecule has 1 aliphatic heterocycles. The van der Waals surface area contributed by atoms with Gasteiger partial charge in [-0.2, -0.15) is 5.10 Å². The summed E-state index contributed by atoms with van der Waals surface area (Å²) >= 11 is 0. The summed E-state index contributed by atoms with van der Waals surface area (Å²) in [5.41, 5.74) is 7.21. The van der Waals surface area contributed by atoms with Gasteiger partial charge in [0.05, 0.1) is 18.0 Å². The molecular formula is C24H29N5O. The highest BCUT2D eigenvalue weighted by Gasteiger charge is 2.18. The molecule has 1 aromatic carbocycles. The highest BCUT2D eigenvalue weighted by atomic mass is 16.5. The predicted octanol–water partition coefficient (Wildman–Crippen LogP) is 4.43. The number of methoxy groups -OCH3 is 1. The lowest BCUT2D eigenvalue weighted by Gasteiger charge is -2.26. The Morgan fingerprint density at radius 2 is 2.00 bits per heavy atom. The number of hydrazone groups is 1. The van der Waals surface area contributed by atoms with Crippen LogP contribution in [-0.4, -0.2) is 34.8 Å². The summed E-state index contributed by atoms with van der Waals surface area (Å²) in [7, 11) is 3.56. The van der Waals surface area contributed by atoms with Crippen molar-refractivity contribution in [2.75, 3.05) is 14.2 Å². The number of hydrogen-bond acceptors (Lipinski definition) is 6. The second-order valence-corrected chi connectivity index (χ2v) is 7.18. The van der Waals surface area contributed by atoms with Crippen molar-refractivity contribution in [3.05, 3.63) is 83.6 Å². The molecule has 0 amide bonds. The standard InChI is InChI=1S/C24H29N5O/c1-6-22(14-25-4)29-15-17(2)18(3)23(28-29)11-19-8-7-9-21(10-19)24-26-12-20(13-27-24)16-30-5/h7-10,12-15,25H,3,6,11,16H2,1-2,4-5H3/b22-14+. The van der Waals surface area contributed by atoms with E-state index in [1.54, 1.807) is 19.5 Å². The van der Waals surface area contributed by atoms with Crippen LogP contribution in [0, 0.1) is 0 Å². The minimum atomic E-state index is 0.507. The number of ether oxygens (including phenoxy) is 1. The fourth-order valence-corrected chi connectivity index (χ4v) is 3.25. The molecule has 30 heavy (non-hydrogen) atoms. The van der Waals surface area contributed by atoms with E-state index in [-0.39, 0.29) is 0 Å². The Morgan fingerprint density at radius 1 is 1.23 bits per heavy atom. The lowest BCUT2D eigenvalue weighted by atomic mass is 9.97. The van der Waals surface area contributed by atoms with Crippen molar-refractivity contribution in [2.24, 2.45) is 5.10 Å². The Bertz CT molecular complexity index is 989. The molecule has 0 spiro atoms. The quantitative estimate of drug-likeness (QED) is 0.706. The third kappa shape index (κ3) is 5.02. The summed E-state index contributed by atoms with van der Waals surface area (Å²) in [4.78, 5) is 8.96. The van der Waals surface area contributed by atoms with Gasteiger partial charge in [-0.15, -0.1) is 0 Å². The Labute approximate surface area is 178 Å². The zero-order chi connectivity index (χ0) is 21.5. The van der Waals surface area contributed by atoms with E-state index < -0.39 is 0 Å². The number of nitrogens with one attached hydrogen (secondary N) is 1. The zero-order valence-electron chi connectivity index (χ0n) is 18.1. The van der Waals surface area contributed by atoms with E-state index in [4.69, 9.17) is 9.84 Å². The largest absolute Gasteiger partial charge is 0.393 e. The summed E-state index contributed by atoms with van der Waals surface area (Å²) in [6, 6.07) is 8.26. The molecular weight excluding hydrogens is 374 g/mol. The van der Waals surface area contributed by atoms with E-state index in [1.807, 2.05) is 36.6 Å². The van der Waals surface area contributed by atoms with E-state index in [0.717, 1.165) is 45.7 Å². The van der Waals surface area contributed by atoms with Crippen molar-refractivity contribution in [3.63, 3.8) is 0 Å². The van der Waals surface area contributed by atoms with Gasteiger partial charge in [-0.3, -0.25) is 0 Å². The van der Waals surface area contributed by atoms with Crippen LogP contribution < -0.4 is 5.32 Å². The third-order valence-corrected chi connectivity index (χ3v) is 4.91. The van der Waals surface area contributed by atoms with Crippen molar-refractivity contribution in [2.45, 2.75) is 33.3 Å². The molecule has 1 N–H and O–H groups in total. The van der Waals surface area contributed by atoms with Crippen LogP contribution in [0.1, 0.15) is 31.4 Å². The van der Waals surface area contributed by atoms with Gasteiger partial charge in [-0.1, -0.05) is 31.7 Å². The number of nitrogens with zero attached hydrogens (tertiary/aromatic N) is 4. The first-order chi connectivity index (χ1) is 14.5. The van der Waals surface area contributed by atoms with Crippen molar-refractivity contribution in [1.29, 1.82) is 0 Å². The zero-order valence-corrected chi connectivity index (χ0v) is 18.1. The second-order valence-electron chi connectivity index (χ2n) is 7.18. The molecule has 6 nitrogen and oxygen atoms in total. The van der Waals surface area contributed by atoms with Gasteiger partial charge in [0.25, 0.3) is 0 Å². The highest BCUT2D eigenvalue weighted by Crippen LogP contribution is 2.25. The SMILES string of the molecule is C=C1C(C)=CN(/C(=C/NC)CC)N=C1Cc1cccc(-c2ncc(COC)cn2)c1. The first kappa shape index (κ1) is 21.5. The second kappa shape index (κ2) is 9.98. The van der Waals surface area contributed by atoms with E-state index in [1.165, 1.54) is 0 Å². The van der Waals surface area contributed by atoms with Crippen molar-refractivity contribution in [3.8, 4) is 11.4 Å². The number of allylic oxidation sites excluding steroid dienone is 3. The van der Waals surface area contributed by atoms with Gasteiger partial charge in [0.15, 0.2) is 5.82 Å². The van der Waals surface area contributed by atoms with Crippen LogP contribution in [0.2, 0.25) is 0 Å². The Hall–Kier alpha value is -3.25. The number of hydrogen-bond donors (Lipinski definition) is 1. The van der Waals surface area contributed by atoms with Crippen LogP contribution in [0.15, 0.2) is 77.6 Å². The molecule has 2 aromatic rings. The van der Waals surface area contributed by atoms with Gasteiger partial charge in [-0.05, 0) is 36.1 Å². The first-order valence-electron chi connectivity index (χ1n) is 10.1. The average molecular weight is 404 g/mol. The molecule has 156 valence electrons. The topological polar surface area (TPSA) is 62.6 Å². The third-order valence-electron chi connectivity index (χ3n) is 4.91. The van der Waals surface area contributed by atoms with E-state index in [9.17, 15) is 0 Å². The maximum atomic E-state index is 5.13. The van der Waals surface area contributed by atoms with Gasteiger partial charge in [0.2, 0.25) is 0 Å². The summed E-state index contributed by atoms with van der Waals surface area (Å²) < 4.78 is 5.13.